The van der Waals surface area contributed by atoms with Crippen molar-refractivity contribution < 1.29 is 27.8 Å². The number of rotatable bonds is 7. The summed E-state index contributed by atoms with van der Waals surface area (Å²) in [6.07, 6.45) is -0.369. The lowest BCUT2D eigenvalue weighted by Crippen LogP contribution is -2.47. The summed E-state index contributed by atoms with van der Waals surface area (Å²) < 4.78 is 37.7. The number of hydrogen-bond acceptors (Lipinski definition) is 4. The summed E-state index contributed by atoms with van der Waals surface area (Å²) in [4.78, 5) is 23.5. The molecule has 22 heavy (non-hydrogen) atoms. The molecule has 1 atom stereocenters. The SMILES string of the molecule is CCOC(=O)[C@@H](CC(F)(F)CC1CC1)NC(=O)OC(C)(C)C. The summed E-state index contributed by atoms with van der Waals surface area (Å²) in [5.41, 5.74) is -0.778. The number of alkyl halides is 2. The number of carbonyl (C=O) groups is 2. The molecule has 0 aromatic rings. The van der Waals surface area contributed by atoms with Crippen LogP contribution in [0.1, 0.15) is 53.4 Å². The van der Waals surface area contributed by atoms with Crippen molar-refractivity contribution in [2.24, 2.45) is 5.92 Å². The highest BCUT2D eigenvalue weighted by Crippen LogP contribution is 2.40. The quantitative estimate of drug-likeness (QED) is 0.731. The van der Waals surface area contributed by atoms with Gasteiger partial charge in [0.15, 0.2) is 0 Å². The molecule has 5 nitrogen and oxygen atoms in total. The first-order chi connectivity index (χ1) is 10.0. The molecule has 1 saturated carbocycles. The largest absolute Gasteiger partial charge is 0.464 e. The Labute approximate surface area is 129 Å². The molecule has 0 aromatic carbocycles. The molecular weight excluding hydrogens is 296 g/mol. The second-order valence-electron chi connectivity index (χ2n) is 6.66. The van der Waals surface area contributed by atoms with Crippen LogP contribution in [0, 0.1) is 5.92 Å². The van der Waals surface area contributed by atoms with Crippen molar-refractivity contribution >= 4 is 12.1 Å². The van der Waals surface area contributed by atoms with Crippen molar-refractivity contribution in [2.45, 2.75) is 70.9 Å². The van der Waals surface area contributed by atoms with Crippen LogP contribution in [0.2, 0.25) is 0 Å². The molecule has 128 valence electrons. The third-order valence-electron chi connectivity index (χ3n) is 3.05. The number of alkyl carbamates (subject to hydrolysis) is 1. The van der Waals surface area contributed by atoms with Crippen LogP contribution < -0.4 is 5.32 Å². The zero-order chi connectivity index (χ0) is 17.0. The van der Waals surface area contributed by atoms with Crippen molar-refractivity contribution in [1.29, 1.82) is 0 Å². The van der Waals surface area contributed by atoms with Crippen molar-refractivity contribution in [3.05, 3.63) is 0 Å². The van der Waals surface area contributed by atoms with Gasteiger partial charge in [-0.15, -0.1) is 0 Å². The average molecular weight is 321 g/mol. The Morgan fingerprint density at radius 1 is 1.27 bits per heavy atom. The van der Waals surface area contributed by atoms with Crippen molar-refractivity contribution in [3.63, 3.8) is 0 Å². The number of esters is 1. The van der Waals surface area contributed by atoms with Gasteiger partial charge in [-0.25, -0.2) is 18.4 Å². The fraction of sp³-hybridized carbons (Fsp3) is 0.867. The predicted molar refractivity (Wildman–Crippen MR) is 76.7 cm³/mol. The molecule has 1 fully saturated rings. The Hall–Kier alpha value is -1.40. The van der Waals surface area contributed by atoms with Crippen LogP contribution in [0.25, 0.3) is 0 Å². The lowest BCUT2D eigenvalue weighted by Gasteiger charge is -2.25. The Morgan fingerprint density at radius 2 is 1.86 bits per heavy atom. The first-order valence-corrected chi connectivity index (χ1v) is 7.56. The first kappa shape index (κ1) is 18.6. The van der Waals surface area contributed by atoms with E-state index in [1.807, 2.05) is 0 Å². The van der Waals surface area contributed by atoms with Crippen LogP contribution >= 0.6 is 0 Å². The number of amides is 1. The van der Waals surface area contributed by atoms with Gasteiger partial charge in [-0.1, -0.05) is 0 Å². The summed E-state index contributed by atoms with van der Waals surface area (Å²) in [5.74, 6) is -3.88. The minimum atomic E-state index is -3.02. The molecule has 1 amide bonds. The second-order valence-corrected chi connectivity index (χ2v) is 6.66. The second kappa shape index (κ2) is 7.24. The Kier molecular flexibility index (Phi) is 6.14. The van der Waals surface area contributed by atoms with E-state index in [4.69, 9.17) is 9.47 Å². The Morgan fingerprint density at radius 3 is 2.32 bits per heavy atom. The van der Waals surface area contributed by atoms with Gasteiger partial charge in [0.25, 0.3) is 5.92 Å². The zero-order valence-corrected chi connectivity index (χ0v) is 13.6. The minimum absolute atomic E-state index is 0.0133. The molecule has 0 saturated heterocycles. The molecule has 7 heteroatoms. The summed E-state index contributed by atoms with van der Waals surface area (Å²) in [6.45, 7) is 6.57. The Balaban J connectivity index is 2.66. The van der Waals surface area contributed by atoms with Crippen LogP contribution in [0.4, 0.5) is 13.6 Å². The van der Waals surface area contributed by atoms with Crippen molar-refractivity contribution in [2.75, 3.05) is 6.61 Å². The average Bonchev–Trinajstić information content (AvgIpc) is 3.08. The highest BCUT2D eigenvalue weighted by Gasteiger charge is 2.42. The van der Waals surface area contributed by atoms with E-state index in [0.29, 0.717) is 0 Å². The molecule has 0 spiro atoms. The van der Waals surface area contributed by atoms with Gasteiger partial charge in [-0.05, 0) is 46.5 Å². The molecule has 0 heterocycles. The van der Waals surface area contributed by atoms with Gasteiger partial charge in [0.1, 0.15) is 11.6 Å². The number of hydrogen-bond donors (Lipinski definition) is 1. The van der Waals surface area contributed by atoms with Gasteiger partial charge in [0.2, 0.25) is 0 Å². The van der Waals surface area contributed by atoms with Crippen LogP contribution in [0.15, 0.2) is 0 Å². The highest BCUT2D eigenvalue weighted by molar-refractivity contribution is 5.81. The maximum absolute atomic E-state index is 14.0. The monoisotopic (exact) mass is 321 g/mol. The third-order valence-corrected chi connectivity index (χ3v) is 3.05. The number of carbonyl (C=O) groups excluding carboxylic acids is 2. The van der Waals surface area contributed by atoms with Crippen molar-refractivity contribution in [3.8, 4) is 0 Å². The van der Waals surface area contributed by atoms with E-state index >= 15 is 0 Å². The van der Waals surface area contributed by atoms with Crippen LogP contribution in [-0.4, -0.2) is 36.2 Å². The van der Waals surface area contributed by atoms with Gasteiger partial charge in [0.05, 0.1) is 6.61 Å². The molecule has 0 unspecified atom stereocenters. The van der Waals surface area contributed by atoms with Gasteiger partial charge >= 0.3 is 12.1 Å². The van der Waals surface area contributed by atoms with E-state index in [-0.39, 0.29) is 18.9 Å². The molecule has 0 radical (unpaired) electrons. The van der Waals surface area contributed by atoms with Gasteiger partial charge in [0, 0.05) is 12.8 Å². The molecule has 1 aliphatic rings. The smallest absolute Gasteiger partial charge is 0.408 e. The number of nitrogens with one attached hydrogen (secondary N) is 1. The fourth-order valence-electron chi connectivity index (χ4n) is 2.01. The minimum Gasteiger partial charge on any atom is -0.464 e. The lowest BCUT2D eigenvalue weighted by atomic mass is 10.0. The normalized spacial score (nSPS) is 16.8. The van der Waals surface area contributed by atoms with Gasteiger partial charge in [-0.3, -0.25) is 0 Å². The highest BCUT2D eigenvalue weighted by atomic mass is 19.3. The third kappa shape index (κ3) is 7.56. The molecule has 1 N–H and O–H groups in total. The van der Waals surface area contributed by atoms with Gasteiger partial charge in [-0.2, -0.15) is 0 Å². The summed E-state index contributed by atoms with van der Waals surface area (Å²) >= 11 is 0. The molecule has 1 rings (SSSR count). The lowest BCUT2D eigenvalue weighted by molar-refractivity contribution is -0.148. The maximum atomic E-state index is 14.0. The molecular formula is C15H25F2NO4. The number of ether oxygens (including phenoxy) is 2. The summed E-state index contributed by atoms with van der Waals surface area (Å²) in [5, 5.41) is 2.19. The Bertz CT molecular complexity index is 403. The first-order valence-electron chi connectivity index (χ1n) is 7.56. The molecule has 0 bridgehead atoms. The van der Waals surface area contributed by atoms with Crippen LogP contribution in [0.5, 0.6) is 0 Å². The number of halogens is 2. The zero-order valence-electron chi connectivity index (χ0n) is 13.6. The van der Waals surface area contributed by atoms with E-state index in [2.05, 4.69) is 5.32 Å². The van der Waals surface area contributed by atoms with E-state index in [1.165, 1.54) is 0 Å². The van der Waals surface area contributed by atoms with E-state index in [9.17, 15) is 18.4 Å². The maximum Gasteiger partial charge on any atom is 0.408 e. The summed E-state index contributed by atoms with van der Waals surface area (Å²) in [7, 11) is 0. The topological polar surface area (TPSA) is 64.6 Å². The standard InChI is InChI=1S/C15H25F2NO4/c1-5-21-12(19)11(18-13(20)22-14(2,3)4)9-15(16,17)8-10-6-7-10/h10-11H,5-9H2,1-4H3,(H,18,20)/t11-/m1/s1. The van der Waals surface area contributed by atoms with Crippen molar-refractivity contribution in [1.82, 2.24) is 5.32 Å². The van der Waals surface area contributed by atoms with Crippen LogP contribution in [-0.2, 0) is 14.3 Å². The van der Waals surface area contributed by atoms with E-state index in [1.54, 1.807) is 27.7 Å². The van der Waals surface area contributed by atoms with Gasteiger partial charge < -0.3 is 14.8 Å². The van der Waals surface area contributed by atoms with E-state index in [0.717, 1.165) is 12.8 Å². The predicted octanol–water partition coefficient (Wildman–Crippen LogP) is 3.27. The summed E-state index contributed by atoms with van der Waals surface area (Å²) in [6, 6.07) is -1.41. The fourth-order valence-corrected chi connectivity index (χ4v) is 2.01. The van der Waals surface area contributed by atoms with Crippen LogP contribution in [0.3, 0.4) is 0 Å². The molecule has 0 aromatic heterocycles. The van der Waals surface area contributed by atoms with E-state index < -0.39 is 36.0 Å². The molecule has 1 aliphatic carbocycles. The molecule has 0 aliphatic heterocycles.